The summed E-state index contributed by atoms with van der Waals surface area (Å²) < 4.78 is 11.6. The lowest BCUT2D eigenvalue weighted by molar-refractivity contribution is -0.121. The van der Waals surface area contributed by atoms with E-state index in [0.717, 1.165) is 0 Å². The van der Waals surface area contributed by atoms with Gasteiger partial charge in [0.05, 0.1) is 18.2 Å². The Kier molecular flexibility index (Phi) is 7.09. The van der Waals surface area contributed by atoms with E-state index >= 15 is 0 Å². The number of hydrogen-bond acceptors (Lipinski definition) is 5. The van der Waals surface area contributed by atoms with Crippen LogP contribution in [0.25, 0.3) is 0 Å². The highest BCUT2D eigenvalue weighted by Crippen LogP contribution is 2.37. The Hall–Kier alpha value is -2.61. The molecule has 154 valence electrons. The second-order valence-corrected chi connectivity index (χ2v) is 7.55. The lowest BCUT2D eigenvalue weighted by atomic mass is 9.95. The molecule has 0 aliphatic carbocycles. The molecule has 0 radical (unpaired) electrons. The first kappa shape index (κ1) is 21.1. The van der Waals surface area contributed by atoms with Crippen molar-refractivity contribution in [1.82, 2.24) is 9.88 Å². The summed E-state index contributed by atoms with van der Waals surface area (Å²) in [6.45, 7) is 3.42. The summed E-state index contributed by atoms with van der Waals surface area (Å²) in [6, 6.07) is 8.82. The lowest BCUT2D eigenvalue weighted by Gasteiger charge is -2.31. The van der Waals surface area contributed by atoms with Crippen LogP contribution in [-0.4, -0.2) is 48.5 Å². The van der Waals surface area contributed by atoms with E-state index in [0.29, 0.717) is 59.9 Å². The van der Waals surface area contributed by atoms with Gasteiger partial charge in [0.15, 0.2) is 11.5 Å². The molecule has 1 aromatic heterocycles. The van der Waals surface area contributed by atoms with Crippen molar-refractivity contribution < 1.29 is 19.1 Å². The summed E-state index contributed by atoms with van der Waals surface area (Å²) in [5.74, 6) is 1.35. The Morgan fingerprint density at radius 3 is 2.66 bits per heavy atom. The van der Waals surface area contributed by atoms with Crippen LogP contribution in [0.5, 0.6) is 11.5 Å². The van der Waals surface area contributed by atoms with Crippen LogP contribution < -0.4 is 14.8 Å². The number of ether oxygens (including phenoxy) is 2. The van der Waals surface area contributed by atoms with E-state index in [-0.39, 0.29) is 17.7 Å². The third-order valence-corrected chi connectivity index (χ3v) is 5.42. The van der Waals surface area contributed by atoms with E-state index in [4.69, 9.17) is 9.47 Å². The van der Waals surface area contributed by atoms with Gasteiger partial charge in [-0.2, -0.15) is 0 Å². The SMILES string of the molecule is CCOc1c(Br)cc(C(=O)N2CCC(C(=O)Nc3ccccn3)CC2)cc1OC. The van der Waals surface area contributed by atoms with Gasteiger partial charge in [-0.3, -0.25) is 9.59 Å². The molecule has 1 fully saturated rings. The molecule has 2 aromatic rings. The van der Waals surface area contributed by atoms with Crippen LogP contribution in [0, 0.1) is 5.92 Å². The van der Waals surface area contributed by atoms with Gasteiger partial charge >= 0.3 is 0 Å². The fourth-order valence-corrected chi connectivity index (χ4v) is 3.88. The van der Waals surface area contributed by atoms with Crippen molar-refractivity contribution in [3.8, 4) is 11.5 Å². The van der Waals surface area contributed by atoms with Gasteiger partial charge in [-0.25, -0.2) is 4.98 Å². The smallest absolute Gasteiger partial charge is 0.254 e. The molecule has 2 amide bonds. The molecule has 1 aromatic carbocycles. The van der Waals surface area contributed by atoms with E-state index in [1.807, 2.05) is 13.0 Å². The Morgan fingerprint density at radius 2 is 2.03 bits per heavy atom. The topological polar surface area (TPSA) is 80.8 Å². The first-order chi connectivity index (χ1) is 14.0. The van der Waals surface area contributed by atoms with Crippen LogP contribution in [0.1, 0.15) is 30.1 Å². The molecule has 0 unspecified atom stereocenters. The van der Waals surface area contributed by atoms with E-state index in [9.17, 15) is 9.59 Å². The number of piperidine rings is 1. The van der Waals surface area contributed by atoms with Crippen molar-refractivity contribution in [1.29, 1.82) is 0 Å². The van der Waals surface area contributed by atoms with Gasteiger partial charge in [0, 0.05) is 30.8 Å². The molecule has 0 spiro atoms. The molecule has 3 rings (SSSR count). The van der Waals surface area contributed by atoms with Gasteiger partial charge in [0.2, 0.25) is 5.91 Å². The summed E-state index contributed by atoms with van der Waals surface area (Å²) in [5.41, 5.74) is 0.522. The summed E-state index contributed by atoms with van der Waals surface area (Å²) >= 11 is 3.46. The third kappa shape index (κ3) is 5.06. The molecule has 29 heavy (non-hydrogen) atoms. The number of hydrogen-bond donors (Lipinski definition) is 1. The minimum absolute atomic E-state index is 0.0544. The fraction of sp³-hybridized carbons (Fsp3) is 0.381. The second kappa shape index (κ2) is 9.73. The molecule has 2 heterocycles. The van der Waals surface area contributed by atoms with Crippen LogP contribution in [0.3, 0.4) is 0 Å². The highest BCUT2D eigenvalue weighted by Gasteiger charge is 2.29. The molecule has 8 heteroatoms. The van der Waals surface area contributed by atoms with Gasteiger partial charge in [0.1, 0.15) is 5.82 Å². The van der Waals surface area contributed by atoms with Gasteiger partial charge in [-0.05, 0) is 60.0 Å². The van der Waals surface area contributed by atoms with Gasteiger partial charge < -0.3 is 19.7 Å². The van der Waals surface area contributed by atoms with Gasteiger partial charge in [-0.1, -0.05) is 6.07 Å². The third-order valence-electron chi connectivity index (χ3n) is 4.83. The molecule has 1 aliphatic heterocycles. The Morgan fingerprint density at radius 1 is 1.28 bits per heavy atom. The van der Waals surface area contributed by atoms with Crippen molar-refractivity contribution in [2.45, 2.75) is 19.8 Å². The number of likely N-dealkylation sites (tertiary alicyclic amines) is 1. The van der Waals surface area contributed by atoms with Crippen LogP contribution in [0.15, 0.2) is 41.0 Å². The Labute approximate surface area is 178 Å². The van der Waals surface area contributed by atoms with Crippen molar-refractivity contribution in [3.05, 3.63) is 46.6 Å². The van der Waals surface area contributed by atoms with Crippen LogP contribution in [0.4, 0.5) is 5.82 Å². The average molecular weight is 462 g/mol. The van der Waals surface area contributed by atoms with Gasteiger partial charge in [-0.15, -0.1) is 0 Å². The maximum Gasteiger partial charge on any atom is 0.254 e. The molecule has 1 aliphatic rings. The number of nitrogens with one attached hydrogen (secondary N) is 1. The number of pyridine rings is 1. The average Bonchev–Trinajstić information content (AvgIpc) is 2.75. The van der Waals surface area contributed by atoms with Crippen molar-refractivity contribution >= 4 is 33.6 Å². The molecule has 7 nitrogen and oxygen atoms in total. The van der Waals surface area contributed by atoms with Crippen molar-refractivity contribution in [2.24, 2.45) is 5.92 Å². The summed E-state index contributed by atoms with van der Waals surface area (Å²) in [6.07, 6.45) is 2.86. The number of anilines is 1. The molecule has 0 saturated carbocycles. The monoisotopic (exact) mass is 461 g/mol. The zero-order chi connectivity index (χ0) is 20.8. The number of carbonyl (C=O) groups is 2. The van der Waals surface area contributed by atoms with Crippen LogP contribution in [-0.2, 0) is 4.79 Å². The Balaban J connectivity index is 1.62. The zero-order valence-electron chi connectivity index (χ0n) is 16.5. The summed E-state index contributed by atoms with van der Waals surface area (Å²) in [7, 11) is 1.55. The fourth-order valence-electron chi connectivity index (χ4n) is 3.32. The maximum atomic E-state index is 13.0. The number of methoxy groups -OCH3 is 1. The maximum absolute atomic E-state index is 13.0. The highest BCUT2D eigenvalue weighted by molar-refractivity contribution is 9.10. The van der Waals surface area contributed by atoms with Crippen LogP contribution in [0.2, 0.25) is 0 Å². The standard InChI is InChI=1S/C21H24BrN3O4/c1-3-29-19-16(22)12-15(13-17(19)28-2)21(27)25-10-7-14(8-11-25)20(26)24-18-6-4-5-9-23-18/h4-6,9,12-14H,3,7-8,10-11H2,1-2H3,(H,23,24,26). The summed E-state index contributed by atoms with van der Waals surface area (Å²) in [5, 5.41) is 2.84. The molecule has 1 saturated heterocycles. The minimum Gasteiger partial charge on any atom is -0.493 e. The van der Waals surface area contributed by atoms with E-state index in [1.54, 1.807) is 42.5 Å². The predicted molar refractivity (Wildman–Crippen MR) is 113 cm³/mol. The number of aromatic nitrogens is 1. The highest BCUT2D eigenvalue weighted by atomic mass is 79.9. The Bertz CT molecular complexity index is 868. The van der Waals surface area contributed by atoms with Gasteiger partial charge in [0.25, 0.3) is 5.91 Å². The number of benzene rings is 1. The van der Waals surface area contributed by atoms with Crippen LogP contribution >= 0.6 is 15.9 Å². The van der Waals surface area contributed by atoms with Crippen molar-refractivity contribution in [2.75, 3.05) is 32.1 Å². The lowest BCUT2D eigenvalue weighted by Crippen LogP contribution is -2.41. The number of halogens is 1. The quantitative estimate of drug-likeness (QED) is 0.708. The molecular weight excluding hydrogens is 438 g/mol. The molecule has 0 atom stereocenters. The normalized spacial score (nSPS) is 14.4. The number of rotatable bonds is 6. The molecular formula is C21H24BrN3O4. The molecule has 0 bridgehead atoms. The van der Waals surface area contributed by atoms with E-state index < -0.39 is 0 Å². The second-order valence-electron chi connectivity index (χ2n) is 6.69. The zero-order valence-corrected chi connectivity index (χ0v) is 18.1. The first-order valence-corrected chi connectivity index (χ1v) is 10.3. The minimum atomic E-state index is -0.136. The number of carbonyl (C=O) groups excluding carboxylic acids is 2. The summed E-state index contributed by atoms with van der Waals surface area (Å²) in [4.78, 5) is 31.3. The molecule has 1 N–H and O–H groups in total. The van der Waals surface area contributed by atoms with E-state index in [2.05, 4.69) is 26.2 Å². The number of nitrogens with zero attached hydrogens (tertiary/aromatic N) is 2. The van der Waals surface area contributed by atoms with Crippen molar-refractivity contribution in [3.63, 3.8) is 0 Å². The first-order valence-electron chi connectivity index (χ1n) is 9.55. The van der Waals surface area contributed by atoms with E-state index in [1.165, 1.54) is 0 Å². The number of amides is 2. The predicted octanol–water partition coefficient (Wildman–Crippen LogP) is 3.74. The largest absolute Gasteiger partial charge is 0.493 e.